The van der Waals surface area contributed by atoms with Crippen LogP contribution in [0.1, 0.15) is 36.9 Å². The van der Waals surface area contributed by atoms with Crippen LogP contribution in [0.15, 0.2) is 24.5 Å². The molecule has 2 aromatic rings. The zero-order valence-electron chi connectivity index (χ0n) is 14.7. The highest BCUT2D eigenvalue weighted by Crippen LogP contribution is 2.24. The van der Waals surface area contributed by atoms with Gasteiger partial charge in [-0.3, -0.25) is 9.69 Å². The van der Waals surface area contributed by atoms with Crippen LogP contribution in [0.3, 0.4) is 0 Å². The van der Waals surface area contributed by atoms with Gasteiger partial charge in [-0.1, -0.05) is 6.07 Å². The van der Waals surface area contributed by atoms with E-state index in [4.69, 9.17) is 0 Å². The standard InChI is InChI=1S/C19H26N4O2/c1-13-2-5-17-20-16(12-23(17)10-13)11-22-8-6-14(7-9-22)18(24)19(25)21-15-3-4-15/h2,5,10,12,14-15,18,24H,3-4,6-9,11H2,1H3,(H,21,25). The minimum absolute atomic E-state index is 0.0683. The van der Waals surface area contributed by atoms with E-state index in [-0.39, 0.29) is 11.8 Å². The molecule has 2 aliphatic rings. The smallest absolute Gasteiger partial charge is 0.249 e. The first-order chi connectivity index (χ1) is 12.1. The molecule has 0 bridgehead atoms. The van der Waals surface area contributed by atoms with E-state index in [1.54, 1.807) is 0 Å². The quantitative estimate of drug-likeness (QED) is 0.864. The SMILES string of the molecule is Cc1ccc2nc(CN3CCC(C(O)C(=O)NC4CC4)CC3)cn2c1. The number of rotatable bonds is 5. The molecule has 1 amide bonds. The molecule has 1 atom stereocenters. The molecule has 4 rings (SSSR count). The number of aromatic nitrogens is 2. The Balaban J connectivity index is 1.31. The Labute approximate surface area is 147 Å². The second-order valence-electron chi connectivity index (χ2n) is 7.55. The first-order valence-electron chi connectivity index (χ1n) is 9.23. The molecule has 2 N–H and O–H groups in total. The van der Waals surface area contributed by atoms with Gasteiger partial charge in [0.15, 0.2) is 0 Å². The van der Waals surface area contributed by atoms with Gasteiger partial charge in [-0.05, 0) is 63.2 Å². The van der Waals surface area contributed by atoms with E-state index in [0.29, 0.717) is 6.04 Å². The highest BCUT2D eigenvalue weighted by atomic mass is 16.3. The number of aliphatic hydroxyl groups excluding tert-OH is 1. The summed E-state index contributed by atoms with van der Waals surface area (Å²) in [6, 6.07) is 4.42. The molecule has 0 radical (unpaired) electrons. The second kappa shape index (κ2) is 6.77. The Morgan fingerprint density at radius 1 is 1.28 bits per heavy atom. The maximum Gasteiger partial charge on any atom is 0.249 e. The van der Waals surface area contributed by atoms with Gasteiger partial charge in [-0.15, -0.1) is 0 Å². The predicted molar refractivity (Wildman–Crippen MR) is 95.1 cm³/mol. The molecule has 6 heteroatoms. The largest absolute Gasteiger partial charge is 0.383 e. The van der Waals surface area contributed by atoms with Crippen LogP contribution in [0.25, 0.3) is 5.65 Å². The van der Waals surface area contributed by atoms with Crippen LogP contribution in [-0.2, 0) is 11.3 Å². The molecule has 2 aromatic heterocycles. The fourth-order valence-electron chi connectivity index (χ4n) is 3.62. The number of carbonyl (C=O) groups excluding carboxylic acids is 1. The van der Waals surface area contributed by atoms with Gasteiger partial charge in [0.1, 0.15) is 11.8 Å². The van der Waals surface area contributed by atoms with Crippen molar-refractivity contribution in [2.75, 3.05) is 13.1 Å². The molecule has 25 heavy (non-hydrogen) atoms. The summed E-state index contributed by atoms with van der Waals surface area (Å²) in [5.74, 6) is -0.115. The summed E-state index contributed by atoms with van der Waals surface area (Å²) in [6.07, 6.45) is 7.13. The van der Waals surface area contributed by atoms with Crippen LogP contribution in [0.5, 0.6) is 0 Å². The summed E-state index contributed by atoms with van der Waals surface area (Å²) < 4.78 is 2.07. The number of aryl methyl sites for hydroxylation is 1. The van der Waals surface area contributed by atoms with E-state index in [0.717, 1.165) is 56.7 Å². The van der Waals surface area contributed by atoms with Gasteiger partial charge in [0, 0.05) is 25.0 Å². The summed E-state index contributed by atoms with van der Waals surface area (Å²) in [5.41, 5.74) is 3.26. The van der Waals surface area contributed by atoms with E-state index in [1.165, 1.54) is 5.56 Å². The van der Waals surface area contributed by atoms with E-state index >= 15 is 0 Å². The number of aliphatic hydroxyl groups is 1. The van der Waals surface area contributed by atoms with E-state index < -0.39 is 6.10 Å². The van der Waals surface area contributed by atoms with Crippen molar-refractivity contribution in [3.05, 3.63) is 35.8 Å². The van der Waals surface area contributed by atoms with Crippen molar-refractivity contribution in [3.63, 3.8) is 0 Å². The summed E-state index contributed by atoms with van der Waals surface area (Å²) in [7, 11) is 0. The monoisotopic (exact) mass is 342 g/mol. The number of carbonyl (C=O) groups is 1. The number of nitrogens with zero attached hydrogens (tertiary/aromatic N) is 3. The van der Waals surface area contributed by atoms with Gasteiger partial charge in [-0.2, -0.15) is 0 Å². The van der Waals surface area contributed by atoms with Gasteiger partial charge < -0.3 is 14.8 Å². The number of pyridine rings is 1. The Morgan fingerprint density at radius 2 is 2.04 bits per heavy atom. The Bertz CT molecular complexity index is 760. The number of nitrogens with one attached hydrogen (secondary N) is 1. The Morgan fingerprint density at radius 3 is 2.76 bits per heavy atom. The highest BCUT2D eigenvalue weighted by molar-refractivity contribution is 5.81. The molecule has 134 valence electrons. The number of likely N-dealkylation sites (tertiary alicyclic amines) is 1. The van der Waals surface area contributed by atoms with Gasteiger partial charge in [0.2, 0.25) is 5.91 Å². The molecule has 1 saturated carbocycles. The lowest BCUT2D eigenvalue weighted by atomic mass is 9.90. The maximum absolute atomic E-state index is 12.0. The van der Waals surface area contributed by atoms with Crippen LogP contribution >= 0.6 is 0 Å². The van der Waals surface area contributed by atoms with Crippen LogP contribution < -0.4 is 5.32 Å². The summed E-state index contributed by atoms with van der Waals surface area (Å²) in [5, 5.41) is 13.2. The Hall–Kier alpha value is -1.92. The van der Waals surface area contributed by atoms with Crippen molar-refractivity contribution in [1.82, 2.24) is 19.6 Å². The molecule has 1 aliphatic heterocycles. The lowest BCUT2D eigenvalue weighted by molar-refractivity contribution is -0.133. The van der Waals surface area contributed by atoms with Gasteiger partial charge in [-0.25, -0.2) is 4.98 Å². The van der Waals surface area contributed by atoms with Gasteiger partial charge in [0.25, 0.3) is 0 Å². The zero-order chi connectivity index (χ0) is 17.4. The number of amides is 1. The minimum atomic E-state index is -0.860. The maximum atomic E-state index is 12.0. The fourth-order valence-corrected chi connectivity index (χ4v) is 3.62. The van der Waals surface area contributed by atoms with Crippen LogP contribution in [-0.4, -0.2) is 50.5 Å². The molecule has 2 fully saturated rings. The van der Waals surface area contributed by atoms with Gasteiger partial charge >= 0.3 is 0 Å². The third-order valence-electron chi connectivity index (χ3n) is 5.31. The molecule has 1 aliphatic carbocycles. The average molecular weight is 342 g/mol. The third-order valence-corrected chi connectivity index (χ3v) is 5.31. The number of piperidine rings is 1. The molecule has 0 spiro atoms. The lowest BCUT2D eigenvalue weighted by Crippen LogP contribution is -2.44. The lowest BCUT2D eigenvalue weighted by Gasteiger charge is -2.33. The number of hydrogen-bond donors (Lipinski definition) is 2. The molecular formula is C19H26N4O2. The molecular weight excluding hydrogens is 316 g/mol. The molecule has 0 aromatic carbocycles. The first-order valence-corrected chi connectivity index (χ1v) is 9.23. The summed E-state index contributed by atoms with van der Waals surface area (Å²) >= 11 is 0. The number of hydrogen-bond acceptors (Lipinski definition) is 4. The minimum Gasteiger partial charge on any atom is -0.383 e. The van der Waals surface area contributed by atoms with Gasteiger partial charge in [0.05, 0.1) is 5.69 Å². The van der Waals surface area contributed by atoms with Crippen molar-refractivity contribution in [2.24, 2.45) is 5.92 Å². The van der Waals surface area contributed by atoms with Crippen LogP contribution in [0.2, 0.25) is 0 Å². The Kier molecular flexibility index (Phi) is 4.48. The van der Waals surface area contributed by atoms with Crippen molar-refractivity contribution >= 4 is 11.6 Å². The molecule has 6 nitrogen and oxygen atoms in total. The predicted octanol–water partition coefficient (Wildman–Crippen LogP) is 1.49. The van der Waals surface area contributed by atoms with Crippen molar-refractivity contribution in [1.29, 1.82) is 0 Å². The normalized spacial score (nSPS) is 20.7. The fraction of sp³-hybridized carbons (Fsp3) is 0.579. The van der Waals surface area contributed by atoms with E-state index in [2.05, 4.69) is 45.0 Å². The zero-order valence-corrected chi connectivity index (χ0v) is 14.7. The summed E-state index contributed by atoms with van der Waals surface area (Å²) in [4.78, 5) is 19.0. The van der Waals surface area contributed by atoms with Crippen LogP contribution in [0, 0.1) is 12.8 Å². The van der Waals surface area contributed by atoms with Crippen molar-refractivity contribution < 1.29 is 9.90 Å². The topological polar surface area (TPSA) is 69.9 Å². The summed E-state index contributed by atoms with van der Waals surface area (Å²) in [6.45, 7) is 4.68. The molecule has 1 saturated heterocycles. The third kappa shape index (κ3) is 3.85. The van der Waals surface area contributed by atoms with E-state index in [9.17, 15) is 9.90 Å². The molecule has 3 heterocycles. The van der Waals surface area contributed by atoms with Crippen LogP contribution in [0.4, 0.5) is 0 Å². The first kappa shape index (κ1) is 16.5. The number of fused-ring (bicyclic) bond motifs is 1. The highest BCUT2D eigenvalue weighted by Gasteiger charge is 2.33. The second-order valence-corrected chi connectivity index (χ2v) is 7.55. The number of imidazole rings is 1. The van der Waals surface area contributed by atoms with Crippen molar-refractivity contribution in [3.8, 4) is 0 Å². The van der Waals surface area contributed by atoms with Crippen molar-refractivity contribution in [2.45, 2.75) is 51.3 Å². The average Bonchev–Trinajstić information content (AvgIpc) is 3.32. The van der Waals surface area contributed by atoms with E-state index in [1.807, 2.05) is 6.07 Å². The molecule has 1 unspecified atom stereocenters.